The molecule has 1 aliphatic rings. The van der Waals surface area contributed by atoms with Gasteiger partial charge in [-0.3, -0.25) is 4.98 Å². The Kier molecular flexibility index (Phi) is 3.50. The van der Waals surface area contributed by atoms with Crippen LogP contribution in [0, 0.1) is 12.7 Å². The Bertz CT molecular complexity index is 916. The number of nitrogen functional groups attached to an aromatic ring is 1. The minimum atomic E-state index is -0.267. The summed E-state index contributed by atoms with van der Waals surface area (Å²) in [5.74, 6) is -0.267. The average Bonchev–Trinajstić information content (AvgIpc) is 3.37. The Morgan fingerprint density at radius 2 is 2.04 bits per heavy atom. The first-order valence-electron chi connectivity index (χ1n) is 8.23. The molecule has 1 fully saturated rings. The monoisotopic (exact) mass is 321 g/mol. The summed E-state index contributed by atoms with van der Waals surface area (Å²) in [5, 5.41) is 4.57. The van der Waals surface area contributed by atoms with Crippen molar-refractivity contribution in [3.8, 4) is 0 Å². The van der Waals surface area contributed by atoms with Gasteiger partial charge < -0.3 is 11.1 Å². The molecule has 0 atom stereocenters. The number of benzene rings is 2. The molecular weight excluding hydrogens is 301 g/mol. The van der Waals surface area contributed by atoms with E-state index in [4.69, 9.17) is 5.73 Å². The van der Waals surface area contributed by atoms with Gasteiger partial charge in [-0.25, -0.2) is 4.39 Å². The van der Waals surface area contributed by atoms with Gasteiger partial charge in [-0.15, -0.1) is 0 Å². The third-order valence-corrected chi connectivity index (χ3v) is 4.98. The van der Waals surface area contributed by atoms with Gasteiger partial charge in [0.1, 0.15) is 11.3 Å². The van der Waals surface area contributed by atoms with Crippen LogP contribution < -0.4 is 11.1 Å². The summed E-state index contributed by atoms with van der Waals surface area (Å²) in [4.78, 5) is 4.21. The Labute approximate surface area is 140 Å². The van der Waals surface area contributed by atoms with Crippen LogP contribution >= 0.6 is 0 Å². The molecule has 0 radical (unpaired) electrons. The number of nitrogens with one attached hydrogen (secondary N) is 1. The van der Waals surface area contributed by atoms with Gasteiger partial charge in [-0.05, 0) is 60.7 Å². The highest BCUT2D eigenvalue weighted by atomic mass is 19.1. The van der Waals surface area contributed by atoms with Crippen molar-refractivity contribution in [2.24, 2.45) is 0 Å². The van der Waals surface area contributed by atoms with Gasteiger partial charge in [-0.1, -0.05) is 18.2 Å². The molecule has 0 unspecified atom stereocenters. The third kappa shape index (κ3) is 2.53. The van der Waals surface area contributed by atoms with E-state index >= 15 is 0 Å². The van der Waals surface area contributed by atoms with Crippen LogP contribution in [-0.4, -0.2) is 4.98 Å². The van der Waals surface area contributed by atoms with E-state index in [1.807, 2.05) is 36.4 Å². The van der Waals surface area contributed by atoms with Crippen LogP contribution in [0.1, 0.15) is 29.5 Å². The second kappa shape index (κ2) is 5.56. The lowest BCUT2D eigenvalue weighted by atomic mass is 9.98. The van der Waals surface area contributed by atoms with Gasteiger partial charge in [0.25, 0.3) is 0 Å². The Balaban J connectivity index is 1.67. The number of hydrogen-bond donors (Lipinski definition) is 2. The Morgan fingerprint density at radius 3 is 2.83 bits per heavy atom. The molecule has 24 heavy (non-hydrogen) atoms. The van der Waals surface area contributed by atoms with Crippen LogP contribution in [0.4, 0.5) is 10.1 Å². The van der Waals surface area contributed by atoms with Crippen molar-refractivity contribution >= 4 is 16.6 Å². The molecule has 3 nitrogen and oxygen atoms in total. The second-order valence-corrected chi connectivity index (χ2v) is 6.62. The zero-order chi connectivity index (χ0) is 16.7. The van der Waals surface area contributed by atoms with Crippen molar-refractivity contribution in [1.29, 1.82) is 0 Å². The molecule has 3 aromatic rings. The van der Waals surface area contributed by atoms with E-state index in [2.05, 4.69) is 17.2 Å². The molecule has 1 aromatic heterocycles. The van der Waals surface area contributed by atoms with Crippen molar-refractivity contribution in [1.82, 2.24) is 10.3 Å². The van der Waals surface area contributed by atoms with Gasteiger partial charge in [0.2, 0.25) is 0 Å². The molecule has 2 aromatic carbocycles. The molecule has 4 rings (SSSR count). The highest BCUT2D eigenvalue weighted by Crippen LogP contribution is 2.48. The summed E-state index contributed by atoms with van der Waals surface area (Å²) in [5.41, 5.74) is 10.6. The molecule has 0 saturated heterocycles. The SMILES string of the molecule is Cc1ccc(N)cc1CNC1(c2ccc(F)c3ncccc23)CC1. The summed E-state index contributed by atoms with van der Waals surface area (Å²) in [7, 11) is 0. The standard InChI is InChI=1S/C20H20FN3/c1-13-4-5-15(22)11-14(13)12-24-20(8-9-20)17-6-7-18(21)19-16(17)3-2-10-23-19/h2-7,10-11,24H,8-9,12,22H2,1H3. The topological polar surface area (TPSA) is 50.9 Å². The van der Waals surface area contributed by atoms with Crippen molar-refractivity contribution in [3.05, 3.63) is 71.2 Å². The molecule has 0 amide bonds. The van der Waals surface area contributed by atoms with E-state index in [0.717, 1.165) is 36.0 Å². The third-order valence-electron chi connectivity index (χ3n) is 4.98. The minimum absolute atomic E-state index is 0.0912. The highest BCUT2D eigenvalue weighted by molar-refractivity contribution is 5.84. The maximum absolute atomic E-state index is 14.0. The number of pyridine rings is 1. The van der Waals surface area contributed by atoms with Crippen molar-refractivity contribution < 1.29 is 4.39 Å². The fourth-order valence-electron chi connectivity index (χ4n) is 3.37. The molecule has 1 heterocycles. The quantitative estimate of drug-likeness (QED) is 0.713. The fourth-order valence-corrected chi connectivity index (χ4v) is 3.37. The summed E-state index contributed by atoms with van der Waals surface area (Å²) in [6, 6.07) is 13.2. The van der Waals surface area contributed by atoms with Crippen LogP contribution in [-0.2, 0) is 12.1 Å². The lowest BCUT2D eigenvalue weighted by Crippen LogP contribution is -2.29. The average molecular weight is 321 g/mol. The van der Waals surface area contributed by atoms with E-state index in [1.165, 1.54) is 17.2 Å². The second-order valence-electron chi connectivity index (χ2n) is 6.62. The Morgan fingerprint density at radius 1 is 1.21 bits per heavy atom. The summed E-state index contributed by atoms with van der Waals surface area (Å²) < 4.78 is 14.0. The predicted octanol–water partition coefficient (Wildman–Crippen LogP) is 4.04. The van der Waals surface area contributed by atoms with Crippen LogP contribution in [0.5, 0.6) is 0 Å². The highest BCUT2D eigenvalue weighted by Gasteiger charge is 2.45. The molecule has 1 aliphatic carbocycles. The lowest BCUT2D eigenvalue weighted by molar-refractivity contribution is 0.520. The predicted molar refractivity (Wildman–Crippen MR) is 95.0 cm³/mol. The molecule has 3 N–H and O–H groups in total. The molecule has 0 spiro atoms. The zero-order valence-electron chi connectivity index (χ0n) is 13.6. The number of halogens is 1. The Hall–Kier alpha value is -2.46. The first-order chi connectivity index (χ1) is 11.6. The van der Waals surface area contributed by atoms with Crippen molar-refractivity contribution in [2.45, 2.75) is 31.8 Å². The zero-order valence-corrected chi connectivity index (χ0v) is 13.6. The largest absolute Gasteiger partial charge is 0.399 e. The van der Waals surface area contributed by atoms with E-state index < -0.39 is 0 Å². The van der Waals surface area contributed by atoms with Gasteiger partial charge >= 0.3 is 0 Å². The van der Waals surface area contributed by atoms with Crippen LogP contribution in [0.25, 0.3) is 10.9 Å². The molecule has 4 heteroatoms. The van der Waals surface area contributed by atoms with Crippen molar-refractivity contribution in [2.75, 3.05) is 5.73 Å². The first-order valence-corrected chi connectivity index (χ1v) is 8.23. The molecule has 1 saturated carbocycles. The first kappa shape index (κ1) is 15.1. The molecule has 0 aliphatic heterocycles. The van der Waals surface area contributed by atoms with E-state index in [9.17, 15) is 4.39 Å². The summed E-state index contributed by atoms with van der Waals surface area (Å²) in [6.07, 6.45) is 3.73. The number of nitrogens with zero attached hydrogens (tertiary/aromatic N) is 1. The molecule has 0 bridgehead atoms. The smallest absolute Gasteiger partial charge is 0.149 e. The maximum atomic E-state index is 14.0. The normalized spacial score (nSPS) is 15.6. The molecule has 122 valence electrons. The van der Waals surface area contributed by atoms with Gasteiger partial charge in [0, 0.05) is 29.4 Å². The number of aromatic nitrogens is 1. The number of hydrogen-bond acceptors (Lipinski definition) is 3. The lowest BCUT2D eigenvalue weighted by Gasteiger charge is -2.21. The van der Waals surface area contributed by atoms with Gasteiger partial charge in [0.05, 0.1) is 0 Å². The summed E-state index contributed by atoms with van der Waals surface area (Å²) in [6.45, 7) is 2.84. The van der Waals surface area contributed by atoms with E-state index in [-0.39, 0.29) is 11.4 Å². The van der Waals surface area contributed by atoms with Crippen LogP contribution in [0.15, 0.2) is 48.7 Å². The van der Waals surface area contributed by atoms with Gasteiger partial charge in [0.15, 0.2) is 0 Å². The summed E-state index contributed by atoms with van der Waals surface area (Å²) >= 11 is 0. The van der Waals surface area contributed by atoms with Crippen molar-refractivity contribution in [3.63, 3.8) is 0 Å². The van der Waals surface area contributed by atoms with Gasteiger partial charge in [-0.2, -0.15) is 0 Å². The van der Waals surface area contributed by atoms with E-state index in [0.29, 0.717) is 5.52 Å². The number of fused-ring (bicyclic) bond motifs is 1. The number of nitrogens with two attached hydrogens (primary N) is 1. The number of anilines is 1. The van der Waals surface area contributed by atoms with Crippen LogP contribution in [0.3, 0.4) is 0 Å². The fraction of sp³-hybridized carbons (Fsp3) is 0.250. The number of aryl methyl sites for hydroxylation is 1. The van der Waals surface area contributed by atoms with Crippen LogP contribution in [0.2, 0.25) is 0 Å². The minimum Gasteiger partial charge on any atom is -0.399 e. The number of rotatable bonds is 4. The maximum Gasteiger partial charge on any atom is 0.149 e. The van der Waals surface area contributed by atoms with E-state index in [1.54, 1.807) is 6.20 Å². The molecular formula is C20H20FN3.